The summed E-state index contributed by atoms with van der Waals surface area (Å²) in [7, 11) is 0. The summed E-state index contributed by atoms with van der Waals surface area (Å²) in [6.07, 6.45) is 7.05. The van der Waals surface area contributed by atoms with Crippen LogP contribution in [0.4, 0.5) is 0 Å². The number of fused-ring (bicyclic) bond motifs is 6. The van der Waals surface area contributed by atoms with Crippen LogP contribution in [-0.4, -0.2) is 0 Å². The highest BCUT2D eigenvalue weighted by Crippen LogP contribution is 2.70. The van der Waals surface area contributed by atoms with E-state index in [1.54, 1.807) is 11.1 Å². The molecule has 1 spiro atoms. The predicted octanol–water partition coefficient (Wildman–Crippen LogP) is 13.9. The highest BCUT2D eigenvalue weighted by molar-refractivity contribution is 6.21. The Morgan fingerprint density at radius 2 is 0.846 bits per heavy atom. The average molecular weight is 665 g/mol. The molecule has 0 saturated heterocycles. The maximum atomic E-state index is 2.69. The zero-order valence-corrected chi connectivity index (χ0v) is 29.4. The molecule has 248 valence electrons. The standard InChI is InChI=1S/C52H40/c1-2-11-34(12-3-1)35-15-10-16-38(28-35)50-43-17-6-8-19-45(43)51(46-20-9-7-18-44(46)50)39-21-22-42-47-29-36-13-4-5-14-37(36)30-49(47)52(48(42)31-39)40-24-32-23-33(26-40)27-41(52)25-32/h1-22,28-33,40-41H,23-27H2. The van der Waals surface area contributed by atoms with E-state index in [-0.39, 0.29) is 5.41 Å². The van der Waals surface area contributed by atoms with Gasteiger partial charge in [-0.2, -0.15) is 0 Å². The fourth-order valence-corrected chi connectivity index (χ4v) is 12.3. The molecule has 0 nitrogen and oxygen atoms in total. The quantitative estimate of drug-likeness (QED) is 0.165. The molecule has 0 N–H and O–H groups in total. The normalized spacial score (nSPS) is 23.8. The molecule has 13 rings (SSSR count). The number of hydrogen-bond acceptors (Lipinski definition) is 0. The summed E-state index contributed by atoms with van der Waals surface area (Å²) in [4.78, 5) is 0. The van der Waals surface area contributed by atoms with Crippen molar-refractivity contribution in [2.45, 2.75) is 37.5 Å². The van der Waals surface area contributed by atoms with E-state index in [2.05, 4.69) is 158 Å². The summed E-state index contributed by atoms with van der Waals surface area (Å²) in [5.74, 6) is 3.30. The number of rotatable bonds is 3. The second-order valence-electron chi connectivity index (χ2n) is 16.5. The maximum Gasteiger partial charge on any atom is 0.0272 e. The Morgan fingerprint density at radius 3 is 1.48 bits per heavy atom. The van der Waals surface area contributed by atoms with Crippen molar-refractivity contribution in [2.75, 3.05) is 0 Å². The summed E-state index contributed by atoms with van der Waals surface area (Å²) in [5.41, 5.74) is 14.2. The Bertz CT molecular complexity index is 2660. The van der Waals surface area contributed by atoms with E-state index in [0.29, 0.717) is 0 Å². The van der Waals surface area contributed by atoms with E-state index in [1.807, 2.05) is 0 Å². The van der Waals surface area contributed by atoms with Crippen molar-refractivity contribution in [1.82, 2.24) is 0 Å². The van der Waals surface area contributed by atoms with E-state index in [0.717, 1.165) is 23.7 Å². The van der Waals surface area contributed by atoms with Crippen LogP contribution in [0.25, 0.3) is 76.8 Å². The molecule has 8 aromatic rings. The zero-order chi connectivity index (χ0) is 34.0. The smallest absolute Gasteiger partial charge is 0.0272 e. The lowest BCUT2D eigenvalue weighted by Crippen LogP contribution is -2.55. The highest BCUT2D eigenvalue weighted by atomic mass is 14.6. The lowest BCUT2D eigenvalue weighted by Gasteiger charge is -2.61. The first-order valence-electron chi connectivity index (χ1n) is 19.5. The monoisotopic (exact) mass is 664 g/mol. The van der Waals surface area contributed by atoms with Gasteiger partial charge in [-0.1, -0.05) is 133 Å². The van der Waals surface area contributed by atoms with Gasteiger partial charge in [-0.05, 0) is 168 Å². The van der Waals surface area contributed by atoms with Gasteiger partial charge in [-0.3, -0.25) is 0 Å². The van der Waals surface area contributed by atoms with Crippen LogP contribution in [0.15, 0.2) is 158 Å². The van der Waals surface area contributed by atoms with E-state index in [4.69, 9.17) is 0 Å². The minimum atomic E-state index is 0.113. The molecule has 8 aromatic carbocycles. The molecule has 0 unspecified atom stereocenters. The van der Waals surface area contributed by atoms with Gasteiger partial charge >= 0.3 is 0 Å². The Morgan fingerprint density at radius 1 is 0.346 bits per heavy atom. The zero-order valence-electron chi connectivity index (χ0n) is 29.4. The first kappa shape index (κ1) is 29.2. The van der Waals surface area contributed by atoms with E-state index >= 15 is 0 Å². The Hall–Kier alpha value is -5.46. The topological polar surface area (TPSA) is 0 Å². The minimum absolute atomic E-state index is 0.113. The largest absolute Gasteiger partial charge is 0.0622 e. The average Bonchev–Trinajstić information content (AvgIpc) is 3.47. The van der Waals surface area contributed by atoms with Crippen molar-refractivity contribution in [3.05, 3.63) is 169 Å². The van der Waals surface area contributed by atoms with Crippen molar-refractivity contribution in [3.8, 4) is 44.5 Å². The third-order valence-corrected chi connectivity index (χ3v) is 14.0. The molecule has 0 aromatic heterocycles. The van der Waals surface area contributed by atoms with Gasteiger partial charge in [0.05, 0.1) is 0 Å². The van der Waals surface area contributed by atoms with Crippen molar-refractivity contribution in [2.24, 2.45) is 23.7 Å². The van der Waals surface area contributed by atoms with E-state index in [1.165, 1.54) is 109 Å². The summed E-state index contributed by atoms with van der Waals surface area (Å²) in [6, 6.07) is 60.2. The van der Waals surface area contributed by atoms with Gasteiger partial charge in [0.1, 0.15) is 0 Å². The fourth-order valence-electron chi connectivity index (χ4n) is 12.3. The molecule has 4 saturated carbocycles. The maximum absolute atomic E-state index is 2.69. The molecule has 0 heterocycles. The summed E-state index contributed by atoms with van der Waals surface area (Å²) in [6.45, 7) is 0. The summed E-state index contributed by atoms with van der Waals surface area (Å²) >= 11 is 0. The minimum Gasteiger partial charge on any atom is -0.0622 e. The van der Waals surface area contributed by atoms with Gasteiger partial charge in [0.2, 0.25) is 0 Å². The lowest BCUT2D eigenvalue weighted by molar-refractivity contribution is -0.0398. The first-order chi connectivity index (χ1) is 25.7. The van der Waals surface area contributed by atoms with Crippen LogP contribution in [0.3, 0.4) is 0 Å². The highest BCUT2D eigenvalue weighted by Gasteiger charge is 2.61. The van der Waals surface area contributed by atoms with Crippen LogP contribution in [0.1, 0.15) is 43.2 Å². The molecule has 0 atom stereocenters. The van der Waals surface area contributed by atoms with Crippen LogP contribution < -0.4 is 0 Å². The van der Waals surface area contributed by atoms with Crippen LogP contribution in [0.5, 0.6) is 0 Å². The van der Waals surface area contributed by atoms with Gasteiger partial charge in [0.25, 0.3) is 0 Å². The molecule has 0 radical (unpaired) electrons. The molecule has 0 aliphatic heterocycles. The molecule has 0 amide bonds. The van der Waals surface area contributed by atoms with Crippen molar-refractivity contribution in [1.29, 1.82) is 0 Å². The van der Waals surface area contributed by atoms with Gasteiger partial charge in [-0.25, -0.2) is 0 Å². The van der Waals surface area contributed by atoms with Gasteiger partial charge in [-0.15, -0.1) is 0 Å². The van der Waals surface area contributed by atoms with Crippen LogP contribution in [0, 0.1) is 23.7 Å². The second kappa shape index (κ2) is 10.8. The van der Waals surface area contributed by atoms with Crippen molar-refractivity contribution < 1.29 is 0 Å². The van der Waals surface area contributed by atoms with Gasteiger partial charge < -0.3 is 0 Å². The SMILES string of the molecule is c1ccc(-c2cccc(-c3c4ccccc4c(-c4ccc5c(c4)C4(c6cc7ccccc7cc6-5)C5CC6CC(C5)CC4C6)c4ccccc34)c2)cc1. The Labute approximate surface area is 305 Å². The summed E-state index contributed by atoms with van der Waals surface area (Å²) in [5, 5.41) is 8.07. The lowest BCUT2D eigenvalue weighted by atomic mass is 9.43. The molecule has 5 aliphatic rings. The Kier molecular flexibility index (Phi) is 6.04. The Balaban J connectivity index is 1.12. The first-order valence-corrected chi connectivity index (χ1v) is 19.5. The van der Waals surface area contributed by atoms with Crippen LogP contribution in [-0.2, 0) is 5.41 Å². The molecule has 5 aliphatic carbocycles. The van der Waals surface area contributed by atoms with E-state index in [9.17, 15) is 0 Å². The van der Waals surface area contributed by atoms with E-state index < -0.39 is 0 Å². The number of benzene rings is 8. The van der Waals surface area contributed by atoms with Gasteiger partial charge in [0, 0.05) is 5.41 Å². The molecule has 0 heteroatoms. The molecular formula is C52H40. The molecule has 4 fully saturated rings. The third kappa shape index (κ3) is 3.93. The van der Waals surface area contributed by atoms with Crippen molar-refractivity contribution >= 4 is 32.3 Å². The predicted molar refractivity (Wildman–Crippen MR) is 219 cm³/mol. The third-order valence-electron chi connectivity index (χ3n) is 14.0. The summed E-state index contributed by atoms with van der Waals surface area (Å²) < 4.78 is 0. The van der Waals surface area contributed by atoms with Crippen LogP contribution in [0.2, 0.25) is 0 Å². The van der Waals surface area contributed by atoms with Gasteiger partial charge in [0.15, 0.2) is 0 Å². The number of hydrogen-bond donors (Lipinski definition) is 0. The molecule has 4 bridgehead atoms. The van der Waals surface area contributed by atoms with Crippen LogP contribution >= 0.6 is 0 Å². The fraction of sp³-hybridized carbons (Fsp3) is 0.192. The molecular weight excluding hydrogens is 625 g/mol. The second-order valence-corrected chi connectivity index (χ2v) is 16.5. The van der Waals surface area contributed by atoms with Crippen molar-refractivity contribution in [3.63, 3.8) is 0 Å². The molecule has 52 heavy (non-hydrogen) atoms.